The van der Waals surface area contributed by atoms with Gasteiger partial charge in [0.05, 0.1) is 5.69 Å². The lowest BCUT2D eigenvalue weighted by Crippen LogP contribution is -2.33. The summed E-state index contributed by atoms with van der Waals surface area (Å²) in [5, 5.41) is 3.93. The largest absolute Gasteiger partial charge is 0.371 e. The van der Waals surface area contributed by atoms with Crippen LogP contribution in [-0.4, -0.2) is 36.7 Å². The van der Waals surface area contributed by atoms with Gasteiger partial charge in [0.15, 0.2) is 0 Å². The molecule has 0 spiro atoms. The molecule has 0 N–H and O–H groups in total. The third-order valence-corrected chi connectivity index (χ3v) is 3.18. The van der Waals surface area contributed by atoms with Gasteiger partial charge in [0, 0.05) is 37.9 Å². The molecule has 0 bridgehead atoms. The summed E-state index contributed by atoms with van der Waals surface area (Å²) < 4.78 is 4.84. The fraction of sp³-hybridized carbons (Fsp3) is 0.526. The molecule has 0 amide bonds. The van der Waals surface area contributed by atoms with E-state index in [1.165, 1.54) is 5.69 Å². The molecular formula is C19H33N3O. The number of nitrogens with zero attached hydrogens (tertiary/aromatic N) is 3. The summed E-state index contributed by atoms with van der Waals surface area (Å²) in [6.07, 6.45) is 1.62. The van der Waals surface area contributed by atoms with E-state index in [-0.39, 0.29) is 0 Å². The van der Waals surface area contributed by atoms with Crippen LogP contribution in [0.15, 0.2) is 47.2 Å². The second-order valence-electron chi connectivity index (χ2n) is 4.64. The summed E-state index contributed by atoms with van der Waals surface area (Å²) in [6.45, 7) is 14.0. The molecule has 4 heteroatoms. The number of para-hydroxylation sites is 1. The number of hydrogen-bond acceptors (Lipinski definition) is 4. The predicted molar refractivity (Wildman–Crippen MR) is 99.9 cm³/mol. The van der Waals surface area contributed by atoms with Crippen LogP contribution < -0.4 is 4.90 Å². The normalized spacial score (nSPS) is 9.52. The van der Waals surface area contributed by atoms with Gasteiger partial charge in [0.2, 0.25) is 0 Å². The summed E-state index contributed by atoms with van der Waals surface area (Å²) in [6, 6.07) is 12.4. The third-order valence-electron chi connectivity index (χ3n) is 3.18. The molecule has 23 heavy (non-hydrogen) atoms. The van der Waals surface area contributed by atoms with Gasteiger partial charge in [-0.2, -0.15) is 0 Å². The van der Waals surface area contributed by atoms with E-state index in [9.17, 15) is 0 Å². The highest BCUT2D eigenvalue weighted by atomic mass is 16.5. The van der Waals surface area contributed by atoms with Gasteiger partial charge in [0.25, 0.3) is 0 Å². The quantitative estimate of drug-likeness (QED) is 0.741. The predicted octanol–water partition coefficient (Wildman–Crippen LogP) is 4.69. The van der Waals surface area contributed by atoms with Crippen LogP contribution in [0.3, 0.4) is 0 Å². The van der Waals surface area contributed by atoms with Crippen LogP contribution in [0.4, 0.5) is 5.69 Å². The Hall–Kier alpha value is -1.81. The molecule has 0 fully saturated rings. The molecule has 0 radical (unpaired) electrons. The highest BCUT2D eigenvalue weighted by Gasteiger charge is 2.07. The maximum atomic E-state index is 4.84. The van der Waals surface area contributed by atoms with Gasteiger partial charge in [-0.25, -0.2) is 0 Å². The van der Waals surface area contributed by atoms with Crippen molar-refractivity contribution < 1.29 is 4.52 Å². The van der Waals surface area contributed by atoms with Crippen molar-refractivity contribution in [2.24, 2.45) is 0 Å². The van der Waals surface area contributed by atoms with Gasteiger partial charge in [-0.15, -0.1) is 0 Å². The average molecular weight is 319 g/mol. The van der Waals surface area contributed by atoms with Gasteiger partial charge in [-0.05, 0) is 26.1 Å². The van der Waals surface area contributed by atoms with Crippen molar-refractivity contribution in [3.8, 4) is 0 Å². The van der Waals surface area contributed by atoms with E-state index in [0.29, 0.717) is 0 Å². The minimum atomic E-state index is 0.822. The number of likely N-dealkylation sites (N-methyl/N-ethyl adjacent to an activating group) is 2. The van der Waals surface area contributed by atoms with Crippen LogP contribution >= 0.6 is 0 Å². The number of hydrogen-bond donors (Lipinski definition) is 0. The Morgan fingerprint density at radius 3 is 2.13 bits per heavy atom. The average Bonchev–Trinajstić information content (AvgIpc) is 3.13. The van der Waals surface area contributed by atoms with Crippen LogP contribution in [0.1, 0.15) is 40.3 Å². The van der Waals surface area contributed by atoms with Crippen molar-refractivity contribution in [1.82, 2.24) is 10.1 Å². The van der Waals surface area contributed by atoms with Crippen molar-refractivity contribution in [2.45, 2.75) is 41.2 Å². The summed E-state index contributed by atoms with van der Waals surface area (Å²) in [4.78, 5) is 4.63. The molecule has 130 valence electrons. The van der Waals surface area contributed by atoms with E-state index in [4.69, 9.17) is 4.52 Å². The first kappa shape index (κ1) is 21.2. The lowest BCUT2D eigenvalue weighted by Gasteiger charge is -2.25. The molecule has 0 saturated heterocycles. The van der Waals surface area contributed by atoms with Gasteiger partial charge in [0.1, 0.15) is 6.26 Å². The topological polar surface area (TPSA) is 32.5 Å². The van der Waals surface area contributed by atoms with Crippen molar-refractivity contribution in [3.63, 3.8) is 0 Å². The molecule has 1 aromatic heterocycles. The maximum absolute atomic E-state index is 4.84. The standard InChI is InChI=1S/C15H21N3O.2C2H6/c1-3-18(15-7-5-4-6-8-15)11-10-17(2)13-14-9-12-19-16-14;2*1-2/h4-9,12H,3,10-11,13H2,1-2H3;2*1-2H3. The number of aromatic nitrogens is 1. The molecule has 1 heterocycles. The van der Waals surface area contributed by atoms with E-state index in [0.717, 1.165) is 31.9 Å². The zero-order chi connectivity index (χ0) is 17.5. The van der Waals surface area contributed by atoms with Crippen LogP contribution in [0.2, 0.25) is 0 Å². The fourth-order valence-electron chi connectivity index (χ4n) is 2.07. The Balaban J connectivity index is 0.00000112. The monoisotopic (exact) mass is 319 g/mol. The molecule has 0 atom stereocenters. The van der Waals surface area contributed by atoms with Crippen LogP contribution in [0, 0.1) is 0 Å². The SMILES string of the molecule is CC.CC.CCN(CCN(C)Cc1ccon1)c1ccccc1. The molecule has 0 aliphatic heterocycles. The molecular weight excluding hydrogens is 286 g/mol. The van der Waals surface area contributed by atoms with Crippen LogP contribution in [0.25, 0.3) is 0 Å². The number of anilines is 1. The maximum Gasteiger partial charge on any atom is 0.124 e. The summed E-state index contributed by atoms with van der Waals surface area (Å²) in [7, 11) is 2.10. The van der Waals surface area contributed by atoms with E-state index in [2.05, 4.69) is 53.2 Å². The molecule has 0 aliphatic rings. The first-order valence-electron chi connectivity index (χ1n) is 8.67. The summed E-state index contributed by atoms with van der Waals surface area (Å²) in [5.41, 5.74) is 2.25. The lowest BCUT2D eigenvalue weighted by molar-refractivity contribution is 0.316. The molecule has 2 aromatic rings. The van der Waals surface area contributed by atoms with E-state index in [1.54, 1.807) is 6.26 Å². The Kier molecular flexibility index (Phi) is 12.7. The van der Waals surface area contributed by atoms with Gasteiger partial charge < -0.3 is 9.42 Å². The Bertz CT molecular complexity index is 457. The zero-order valence-electron chi connectivity index (χ0n) is 15.6. The molecule has 0 saturated carbocycles. The van der Waals surface area contributed by atoms with Crippen molar-refractivity contribution in [3.05, 3.63) is 48.4 Å². The first-order valence-corrected chi connectivity index (χ1v) is 8.67. The Morgan fingerprint density at radius 2 is 1.61 bits per heavy atom. The van der Waals surface area contributed by atoms with Crippen molar-refractivity contribution in [2.75, 3.05) is 31.6 Å². The van der Waals surface area contributed by atoms with Crippen LogP contribution in [-0.2, 0) is 6.54 Å². The van der Waals surface area contributed by atoms with Crippen molar-refractivity contribution >= 4 is 5.69 Å². The number of rotatable bonds is 7. The fourth-order valence-corrected chi connectivity index (χ4v) is 2.07. The third kappa shape index (κ3) is 8.41. The summed E-state index contributed by atoms with van der Waals surface area (Å²) in [5.74, 6) is 0. The van der Waals surface area contributed by atoms with Gasteiger partial charge >= 0.3 is 0 Å². The second-order valence-corrected chi connectivity index (χ2v) is 4.64. The molecule has 0 unspecified atom stereocenters. The highest BCUT2D eigenvalue weighted by Crippen LogP contribution is 2.12. The Morgan fingerprint density at radius 1 is 0.957 bits per heavy atom. The number of benzene rings is 1. The van der Waals surface area contributed by atoms with E-state index < -0.39 is 0 Å². The molecule has 2 rings (SSSR count). The lowest BCUT2D eigenvalue weighted by atomic mass is 10.3. The summed E-state index contributed by atoms with van der Waals surface area (Å²) >= 11 is 0. The Labute approximate surface area is 142 Å². The molecule has 1 aromatic carbocycles. The van der Waals surface area contributed by atoms with Crippen LogP contribution in [0.5, 0.6) is 0 Å². The first-order chi connectivity index (χ1) is 11.3. The van der Waals surface area contributed by atoms with Gasteiger partial charge in [-0.1, -0.05) is 51.1 Å². The smallest absolute Gasteiger partial charge is 0.124 e. The van der Waals surface area contributed by atoms with Crippen molar-refractivity contribution in [1.29, 1.82) is 0 Å². The minimum Gasteiger partial charge on any atom is -0.371 e. The van der Waals surface area contributed by atoms with E-state index >= 15 is 0 Å². The highest BCUT2D eigenvalue weighted by molar-refractivity contribution is 5.45. The second kappa shape index (κ2) is 13.8. The molecule has 4 nitrogen and oxygen atoms in total. The zero-order valence-corrected chi connectivity index (χ0v) is 15.6. The molecule has 0 aliphatic carbocycles. The minimum absolute atomic E-state index is 0.822. The van der Waals surface area contributed by atoms with Gasteiger partial charge in [-0.3, -0.25) is 4.90 Å². The van der Waals surface area contributed by atoms with E-state index in [1.807, 2.05) is 39.8 Å².